The maximum Gasteiger partial charge on any atom is 0.246 e. The second-order valence-electron chi connectivity index (χ2n) is 3.97. The standard InChI is InChI=1S/C12H21N3O3.4C2H6/c1-5-11(17)15(4)10(8-9(2)16)12(18)14-7-6-13-3;4*1-2/h5,10,13H,1,6-8H2,2-4H3,(H,14,18);4*1-2H3. The molecule has 6 heteroatoms. The third kappa shape index (κ3) is 22.3. The van der Waals surface area contributed by atoms with Gasteiger partial charge in [-0.25, -0.2) is 0 Å². The van der Waals surface area contributed by atoms with Gasteiger partial charge in [0, 0.05) is 26.6 Å². The molecule has 1 unspecified atom stereocenters. The molecule has 158 valence electrons. The Morgan fingerprint density at radius 3 is 1.69 bits per heavy atom. The van der Waals surface area contributed by atoms with Gasteiger partial charge in [-0.1, -0.05) is 62.0 Å². The normalized spacial score (nSPS) is 8.88. The minimum absolute atomic E-state index is 0.00146. The quantitative estimate of drug-likeness (QED) is 0.503. The number of carbonyl (C=O) groups is 3. The van der Waals surface area contributed by atoms with Crippen molar-refractivity contribution in [3.63, 3.8) is 0 Å². The monoisotopic (exact) mass is 375 g/mol. The number of hydrogen-bond donors (Lipinski definition) is 2. The van der Waals surface area contributed by atoms with Crippen LogP contribution in [-0.4, -0.2) is 55.7 Å². The fourth-order valence-electron chi connectivity index (χ4n) is 1.40. The van der Waals surface area contributed by atoms with E-state index in [2.05, 4.69) is 17.2 Å². The van der Waals surface area contributed by atoms with Gasteiger partial charge < -0.3 is 15.5 Å². The zero-order chi connectivity index (χ0) is 22.1. The molecule has 0 saturated carbocycles. The minimum atomic E-state index is -0.787. The first-order chi connectivity index (χ1) is 12.4. The van der Waals surface area contributed by atoms with Crippen molar-refractivity contribution < 1.29 is 14.4 Å². The molecule has 0 fully saturated rings. The van der Waals surface area contributed by atoms with Crippen molar-refractivity contribution in [2.45, 2.75) is 74.8 Å². The minimum Gasteiger partial charge on any atom is -0.353 e. The molecule has 0 heterocycles. The molecule has 0 aliphatic heterocycles. The fraction of sp³-hybridized carbons (Fsp3) is 0.750. The lowest BCUT2D eigenvalue weighted by Gasteiger charge is -2.25. The van der Waals surface area contributed by atoms with Crippen LogP contribution < -0.4 is 10.6 Å². The Bertz CT molecular complexity index is 332. The van der Waals surface area contributed by atoms with Crippen LogP contribution in [0.15, 0.2) is 12.7 Å². The van der Waals surface area contributed by atoms with Crippen molar-refractivity contribution in [3.05, 3.63) is 12.7 Å². The van der Waals surface area contributed by atoms with E-state index >= 15 is 0 Å². The lowest BCUT2D eigenvalue weighted by Crippen LogP contribution is -2.49. The topological polar surface area (TPSA) is 78.5 Å². The number of nitrogens with zero attached hydrogens (tertiary/aromatic N) is 1. The highest BCUT2D eigenvalue weighted by Gasteiger charge is 2.26. The second kappa shape index (κ2) is 31.1. The number of carbonyl (C=O) groups excluding carboxylic acids is 3. The molecular weight excluding hydrogens is 330 g/mol. The van der Waals surface area contributed by atoms with Gasteiger partial charge in [0.25, 0.3) is 0 Å². The number of amides is 2. The van der Waals surface area contributed by atoms with Crippen LogP contribution in [0, 0.1) is 0 Å². The summed E-state index contributed by atoms with van der Waals surface area (Å²) >= 11 is 0. The summed E-state index contributed by atoms with van der Waals surface area (Å²) in [5.74, 6) is -0.865. The first kappa shape index (κ1) is 35.4. The number of nitrogens with one attached hydrogen (secondary N) is 2. The average molecular weight is 376 g/mol. The second-order valence-corrected chi connectivity index (χ2v) is 3.97. The molecule has 2 N–H and O–H groups in total. The van der Waals surface area contributed by atoms with Crippen LogP contribution >= 0.6 is 0 Å². The molecule has 0 aromatic rings. The molecular formula is C20H45N3O3. The average Bonchev–Trinajstić information content (AvgIpc) is 2.71. The molecule has 0 aromatic heterocycles. The lowest BCUT2D eigenvalue weighted by atomic mass is 10.1. The SMILES string of the molecule is C=CC(=O)N(C)C(CC(C)=O)C(=O)NCCNC.CC.CC.CC.CC. The van der Waals surface area contributed by atoms with Gasteiger partial charge in [0.05, 0.1) is 0 Å². The van der Waals surface area contributed by atoms with Gasteiger partial charge in [0.2, 0.25) is 11.8 Å². The molecule has 0 bridgehead atoms. The van der Waals surface area contributed by atoms with Gasteiger partial charge in [-0.15, -0.1) is 0 Å². The van der Waals surface area contributed by atoms with Gasteiger partial charge in [-0.2, -0.15) is 0 Å². The van der Waals surface area contributed by atoms with Crippen molar-refractivity contribution in [2.75, 3.05) is 27.2 Å². The molecule has 0 rings (SSSR count). The van der Waals surface area contributed by atoms with Crippen LogP contribution in [-0.2, 0) is 14.4 Å². The van der Waals surface area contributed by atoms with Gasteiger partial charge in [-0.05, 0) is 20.0 Å². The first-order valence-electron chi connectivity index (χ1n) is 9.75. The number of Topliss-reactive ketones (excluding diaryl/α,β-unsaturated/α-hetero) is 1. The summed E-state index contributed by atoms with van der Waals surface area (Å²) in [5, 5.41) is 5.55. The van der Waals surface area contributed by atoms with Crippen LogP contribution in [0.2, 0.25) is 0 Å². The Hall–Kier alpha value is -1.69. The molecule has 26 heavy (non-hydrogen) atoms. The van der Waals surface area contributed by atoms with E-state index in [1.165, 1.54) is 18.9 Å². The van der Waals surface area contributed by atoms with Gasteiger partial charge in [0.1, 0.15) is 11.8 Å². The van der Waals surface area contributed by atoms with E-state index in [0.29, 0.717) is 13.1 Å². The van der Waals surface area contributed by atoms with Crippen molar-refractivity contribution >= 4 is 17.6 Å². The third-order valence-electron chi connectivity index (χ3n) is 2.45. The van der Waals surface area contributed by atoms with Gasteiger partial charge >= 0.3 is 0 Å². The molecule has 1 atom stereocenters. The Balaban J connectivity index is -0.000000160. The first-order valence-corrected chi connectivity index (χ1v) is 9.75. The molecule has 0 aromatic carbocycles. The Morgan fingerprint density at radius 1 is 0.962 bits per heavy atom. The van der Waals surface area contributed by atoms with Crippen LogP contribution in [0.25, 0.3) is 0 Å². The molecule has 2 amide bonds. The predicted molar refractivity (Wildman–Crippen MR) is 114 cm³/mol. The van der Waals surface area contributed by atoms with Crippen molar-refractivity contribution in [2.24, 2.45) is 0 Å². The maximum atomic E-state index is 11.9. The maximum absolute atomic E-state index is 11.9. The third-order valence-corrected chi connectivity index (χ3v) is 2.45. The van der Waals surface area contributed by atoms with Crippen LogP contribution in [0.1, 0.15) is 68.7 Å². The number of rotatable bonds is 8. The summed E-state index contributed by atoms with van der Waals surface area (Å²) in [5.41, 5.74) is 0. The largest absolute Gasteiger partial charge is 0.353 e. The van der Waals surface area contributed by atoms with E-state index in [-0.39, 0.29) is 24.0 Å². The Labute approximate surface area is 162 Å². The highest BCUT2D eigenvalue weighted by molar-refractivity contribution is 5.94. The number of hydrogen-bond acceptors (Lipinski definition) is 4. The van der Waals surface area contributed by atoms with Crippen LogP contribution in [0.3, 0.4) is 0 Å². The fourth-order valence-corrected chi connectivity index (χ4v) is 1.40. The molecule has 0 radical (unpaired) electrons. The Kier molecular flexibility index (Phi) is 42.4. The van der Waals surface area contributed by atoms with Crippen LogP contribution in [0.4, 0.5) is 0 Å². The van der Waals surface area contributed by atoms with Crippen molar-refractivity contribution in [3.8, 4) is 0 Å². The van der Waals surface area contributed by atoms with E-state index in [1.807, 2.05) is 55.4 Å². The number of likely N-dealkylation sites (N-methyl/N-ethyl adjacent to an activating group) is 2. The molecule has 6 nitrogen and oxygen atoms in total. The van der Waals surface area contributed by atoms with Gasteiger partial charge in [-0.3, -0.25) is 14.4 Å². The lowest BCUT2D eigenvalue weighted by molar-refractivity contribution is -0.137. The summed E-state index contributed by atoms with van der Waals surface area (Å²) in [6.45, 7) is 21.8. The van der Waals surface area contributed by atoms with E-state index in [0.717, 1.165) is 6.08 Å². The van der Waals surface area contributed by atoms with E-state index in [9.17, 15) is 14.4 Å². The molecule has 0 aliphatic carbocycles. The number of ketones is 1. The highest BCUT2D eigenvalue weighted by Crippen LogP contribution is 2.04. The van der Waals surface area contributed by atoms with Crippen molar-refractivity contribution in [1.29, 1.82) is 0 Å². The highest BCUT2D eigenvalue weighted by atomic mass is 16.2. The molecule has 0 saturated heterocycles. The summed E-state index contributed by atoms with van der Waals surface area (Å²) in [4.78, 5) is 35.7. The zero-order valence-corrected chi connectivity index (χ0v) is 19.2. The summed E-state index contributed by atoms with van der Waals surface area (Å²) in [6, 6.07) is -0.787. The molecule has 0 spiro atoms. The Morgan fingerprint density at radius 2 is 1.38 bits per heavy atom. The van der Waals surface area contributed by atoms with Crippen molar-refractivity contribution in [1.82, 2.24) is 15.5 Å². The van der Waals surface area contributed by atoms with Crippen LogP contribution in [0.5, 0.6) is 0 Å². The summed E-state index contributed by atoms with van der Waals surface area (Å²) in [7, 11) is 3.25. The zero-order valence-electron chi connectivity index (χ0n) is 19.2. The summed E-state index contributed by atoms with van der Waals surface area (Å²) in [6.07, 6.45) is 1.12. The van der Waals surface area contributed by atoms with E-state index in [1.54, 1.807) is 7.05 Å². The van der Waals surface area contributed by atoms with E-state index < -0.39 is 6.04 Å². The predicted octanol–water partition coefficient (Wildman–Crippen LogP) is 3.42. The molecule has 0 aliphatic rings. The van der Waals surface area contributed by atoms with Gasteiger partial charge in [0.15, 0.2) is 0 Å². The van der Waals surface area contributed by atoms with E-state index in [4.69, 9.17) is 0 Å². The summed E-state index contributed by atoms with van der Waals surface area (Å²) < 4.78 is 0. The smallest absolute Gasteiger partial charge is 0.246 e.